The van der Waals surface area contributed by atoms with Crippen LogP contribution in [0.5, 0.6) is 11.5 Å². The number of fused-ring (bicyclic) bond motifs is 2. The van der Waals surface area contributed by atoms with Crippen molar-refractivity contribution in [1.82, 2.24) is 21.3 Å². The lowest BCUT2D eigenvalue weighted by molar-refractivity contribution is -0.432. The number of hydrogen-bond acceptors (Lipinski definition) is 32. The standard InChI is InChI=1S/C64H52N18O22S4/c1-33-21-49(69-57(83)35-3-8-39(9-4-35)75-81-55-59(85)71-63(67-31-65)72-60(55)86)51(29-47(33)79-77-41-13-14-45-38(23-41)25-44(106(90,91)92)28-54(45)108(96,97)98)101-19-17-99-15-16-100-18-20-102-52-30-48(80-78-42-12-7-37-24-43(105-104-103-89)27-53(46(37)26-42)107(93,94)95)34(2)22-50(52)70-58(84)36-5-10-40(11-6-36)76-82-56-61(87)73-64(68-32-66)74-62(56)88/h3-14,21-30,55-56,89H,15-20H2,1-2H3,(H,69,83)(H,70,84)(H,90,91,92)(H,93,94,95)(H,96,97,98)(H2,67,71,72,85,86)(H2,68,73,74,87,88). The van der Waals surface area contributed by atoms with Crippen LogP contribution in [0.15, 0.2) is 204 Å². The molecule has 2 heterocycles. The fourth-order valence-corrected chi connectivity index (χ4v) is 12.4. The minimum absolute atomic E-state index is 0.00662. The molecule has 0 saturated carbocycles. The lowest BCUT2D eigenvalue weighted by atomic mass is 10.1. The molecule has 8 aromatic carbocycles. The molecule has 108 heavy (non-hydrogen) atoms. The van der Waals surface area contributed by atoms with Crippen molar-refractivity contribution in [3.8, 4) is 23.9 Å². The molecule has 0 spiro atoms. The monoisotopic (exact) mass is 1550 g/mol. The van der Waals surface area contributed by atoms with Crippen molar-refractivity contribution in [2.24, 2.45) is 50.9 Å². The molecule has 6 amide bonds. The Bertz CT molecular complexity index is 5600. The van der Waals surface area contributed by atoms with Gasteiger partial charge in [-0.3, -0.25) is 63.7 Å². The maximum absolute atomic E-state index is 13.8. The lowest BCUT2D eigenvalue weighted by Gasteiger charge is -2.16. The number of aliphatic imine (C=N–C) groups is 2. The molecule has 0 aliphatic carbocycles. The number of amides is 6. The maximum atomic E-state index is 13.8. The van der Waals surface area contributed by atoms with Gasteiger partial charge in [-0.2, -0.15) is 86.7 Å². The van der Waals surface area contributed by atoms with Crippen molar-refractivity contribution in [2.45, 2.75) is 45.5 Å². The van der Waals surface area contributed by atoms with Crippen molar-refractivity contribution in [3.05, 3.63) is 156 Å². The van der Waals surface area contributed by atoms with E-state index < -0.39 is 92.6 Å². The molecule has 8 aromatic rings. The van der Waals surface area contributed by atoms with Crippen LogP contribution < -0.4 is 41.4 Å². The van der Waals surface area contributed by atoms with Gasteiger partial charge in [-0.15, -0.1) is 4.33 Å². The summed E-state index contributed by atoms with van der Waals surface area (Å²) in [5, 5.41) is 76.8. The van der Waals surface area contributed by atoms with Crippen LogP contribution >= 0.6 is 12.0 Å². The Morgan fingerprint density at radius 3 is 1.43 bits per heavy atom. The van der Waals surface area contributed by atoms with Gasteiger partial charge in [0.15, 0.2) is 12.4 Å². The third kappa shape index (κ3) is 20.2. The average Bonchev–Trinajstić information content (AvgIpc) is 0.751. The van der Waals surface area contributed by atoms with Gasteiger partial charge in [0.1, 0.15) is 34.5 Å². The zero-order valence-electron chi connectivity index (χ0n) is 55.2. The molecule has 2 aliphatic heterocycles. The molecule has 2 atom stereocenters. The highest BCUT2D eigenvalue weighted by Crippen LogP contribution is 2.39. The summed E-state index contributed by atoms with van der Waals surface area (Å²) in [7, 11) is -14.8. The molecule has 0 aromatic heterocycles. The summed E-state index contributed by atoms with van der Waals surface area (Å²) in [6.07, 6.45) is 3.06. The Morgan fingerprint density at radius 1 is 0.519 bits per heavy atom. The number of carbonyl (C=O) groups excluding carboxylic acids is 6. The maximum Gasteiger partial charge on any atom is 0.295 e. The molecular formula is C64H52N18O22S4. The number of azo groups is 4. The Balaban J connectivity index is 0.812. The van der Waals surface area contributed by atoms with Gasteiger partial charge in [0.05, 0.1) is 88.9 Å². The van der Waals surface area contributed by atoms with Crippen molar-refractivity contribution >= 4 is 157 Å². The number of nitrogens with zero attached hydrogens (tertiary/aromatic N) is 12. The summed E-state index contributed by atoms with van der Waals surface area (Å²) in [6.45, 7) is 2.91. The SMILES string of the molecule is Cc1cc(NC(=O)c2ccc(N=NC3C(=O)N=C(NC#N)NC3=O)cc2)c(OCCOCCOCCOc2cc(N=Nc3ccc4cc(SOOO)cc(S(=O)(=O)O)c4c3)c(C)cc2NC(=O)c2ccc(N=NC3C(=O)N=C(NC#N)NC3=O)cc2)cc1N=Nc1ccc2c(S(=O)(=O)O)cc(S(=O)(=O)O)cc2c1. The second-order valence-electron chi connectivity index (χ2n) is 22.2. The number of guanidine groups is 2. The van der Waals surface area contributed by atoms with E-state index in [9.17, 15) is 67.7 Å². The molecule has 40 nitrogen and oxygen atoms in total. The van der Waals surface area contributed by atoms with Crippen molar-refractivity contribution in [1.29, 1.82) is 10.5 Å². The second-order valence-corrected chi connectivity index (χ2v) is 27.2. The van der Waals surface area contributed by atoms with E-state index in [4.69, 9.17) is 34.7 Å². The summed E-state index contributed by atoms with van der Waals surface area (Å²) in [5.41, 5.74) is 2.28. The second kappa shape index (κ2) is 34.5. The van der Waals surface area contributed by atoms with E-state index in [-0.39, 0.29) is 141 Å². The average molecular weight is 1550 g/mol. The number of anilines is 2. The van der Waals surface area contributed by atoms with Gasteiger partial charge in [0, 0.05) is 38.9 Å². The molecule has 554 valence electrons. The van der Waals surface area contributed by atoms with Crippen LogP contribution in [-0.4, -0.2) is 143 Å². The van der Waals surface area contributed by atoms with Gasteiger partial charge in [-0.05, 0) is 145 Å². The first-order valence-corrected chi connectivity index (χ1v) is 35.7. The molecule has 2 aliphatic rings. The normalized spacial score (nSPS) is 14.9. The smallest absolute Gasteiger partial charge is 0.295 e. The zero-order chi connectivity index (χ0) is 77.5. The first-order valence-electron chi connectivity index (χ1n) is 30.6. The quantitative estimate of drug-likeness (QED) is 0.00241. The Labute approximate surface area is 613 Å². The Morgan fingerprint density at radius 2 is 0.972 bits per heavy atom. The fraction of sp³-hybridized carbons (Fsp3) is 0.156. The van der Waals surface area contributed by atoms with E-state index in [2.05, 4.69) is 86.9 Å². The number of hydrogen-bond donors (Lipinski definition) is 10. The van der Waals surface area contributed by atoms with Crippen LogP contribution in [0.1, 0.15) is 31.8 Å². The Kier molecular flexibility index (Phi) is 24.9. The van der Waals surface area contributed by atoms with Gasteiger partial charge in [-0.25, -0.2) is 5.26 Å². The molecule has 2 unspecified atom stereocenters. The highest BCUT2D eigenvalue weighted by molar-refractivity contribution is 7.94. The number of ether oxygens (including phenoxy) is 4. The highest BCUT2D eigenvalue weighted by atomic mass is 32.2. The van der Waals surface area contributed by atoms with Gasteiger partial charge >= 0.3 is 0 Å². The number of nitrogens with one attached hydrogen (secondary N) is 6. The predicted molar refractivity (Wildman–Crippen MR) is 375 cm³/mol. The van der Waals surface area contributed by atoms with Gasteiger partial charge in [0.25, 0.3) is 65.8 Å². The van der Waals surface area contributed by atoms with E-state index in [1.807, 2.05) is 5.32 Å². The Hall–Kier alpha value is -12.7. The van der Waals surface area contributed by atoms with Crippen LogP contribution in [0.4, 0.5) is 45.5 Å². The van der Waals surface area contributed by atoms with E-state index in [1.54, 1.807) is 19.9 Å². The summed E-state index contributed by atoms with van der Waals surface area (Å²) >= 11 is 0.470. The minimum atomic E-state index is -4.99. The molecule has 0 radical (unpaired) electrons. The van der Waals surface area contributed by atoms with Crippen molar-refractivity contribution in [3.63, 3.8) is 0 Å². The van der Waals surface area contributed by atoms with Gasteiger partial charge in [0.2, 0.25) is 24.0 Å². The molecular weight excluding hydrogens is 1500 g/mol. The van der Waals surface area contributed by atoms with E-state index >= 15 is 0 Å². The largest absolute Gasteiger partial charge is 0.489 e. The van der Waals surface area contributed by atoms with Gasteiger partial charge < -0.3 is 29.6 Å². The van der Waals surface area contributed by atoms with Gasteiger partial charge in [-0.1, -0.05) is 17.2 Å². The van der Waals surface area contributed by atoms with Crippen LogP contribution in [0, 0.1) is 36.8 Å². The number of rotatable bonds is 29. The number of aryl methyl sites for hydroxylation is 2. The molecule has 10 rings (SSSR count). The lowest BCUT2D eigenvalue weighted by Crippen LogP contribution is -2.50. The summed E-state index contributed by atoms with van der Waals surface area (Å²) in [5.74, 6) is -5.64. The number of carbonyl (C=O) groups is 6. The topological polar surface area (TPSA) is 584 Å². The molecule has 10 N–H and O–H groups in total. The minimum Gasteiger partial charge on any atom is -0.489 e. The summed E-state index contributed by atoms with van der Waals surface area (Å²) < 4.78 is 132. The molecule has 44 heteroatoms. The highest BCUT2D eigenvalue weighted by Gasteiger charge is 2.34. The third-order valence-electron chi connectivity index (χ3n) is 14.8. The fourth-order valence-electron chi connectivity index (χ4n) is 9.77. The first kappa shape index (κ1) is 77.9. The molecule has 0 bridgehead atoms. The van der Waals surface area contributed by atoms with Crippen LogP contribution in [-0.2, 0) is 68.4 Å². The van der Waals surface area contributed by atoms with Crippen LogP contribution in [0.2, 0.25) is 0 Å². The van der Waals surface area contributed by atoms with Crippen LogP contribution in [0.3, 0.4) is 0 Å². The third-order valence-corrected chi connectivity index (χ3v) is 18.0. The van der Waals surface area contributed by atoms with E-state index in [0.29, 0.717) is 34.6 Å². The number of benzene rings is 8. The first-order chi connectivity index (χ1) is 51.5. The van der Waals surface area contributed by atoms with E-state index in [0.717, 1.165) is 12.1 Å². The summed E-state index contributed by atoms with van der Waals surface area (Å²) in [4.78, 5) is 82.4. The predicted octanol–water partition coefficient (Wildman–Crippen LogP) is 8.68. The van der Waals surface area contributed by atoms with Crippen molar-refractivity contribution in [2.75, 3.05) is 50.3 Å². The zero-order valence-corrected chi connectivity index (χ0v) is 58.5. The van der Waals surface area contributed by atoms with Crippen molar-refractivity contribution < 1.29 is 101 Å². The van der Waals surface area contributed by atoms with Crippen LogP contribution in [0.25, 0.3) is 21.5 Å². The summed E-state index contributed by atoms with van der Waals surface area (Å²) in [6, 6.07) is 26.1. The van der Waals surface area contributed by atoms with E-state index in [1.165, 1.54) is 122 Å². The molecule has 0 saturated heterocycles. The number of nitriles is 2. The molecule has 0 fully saturated rings.